The average Bonchev–Trinajstić information content (AvgIpc) is 2.28. The summed E-state index contributed by atoms with van der Waals surface area (Å²) in [7, 11) is 0. The second-order valence-corrected chi connectivity index (χ2v) is 4.69. The molecule has 1 N–H and O–H groups in total. The third-order valence-corrected chi connectivity index (χ3v) is 3.16. The molecule has 2 rings (SSSR count). The van der Waals surface area contributed by atoms with Gasteiger partial charge in [-0.1, -0.05) is 15.9 Å². The number of carbonyl (C=O) groups is 1. The van der Waals surface area contributed by atoms with E-state index in [1.54, 1.807) is 18.2 Å². The number of halogens is 1. The highest BCUT2D eigenvalue weighted by molar-refractivity contribution is 9.10. The van der Waals surface area contributed by atoms with Gasteiger partial charge in [0, 0.05) is 16.1 Å². The van der Waals surface area contributed by atoms with E-state index in [2.05, 4.69) is 15.9 Å². The molecule has 17 heavy (non-hydrogen) atoms. The predicted octanol–water partition coefficient (Wildman–Crippen LogP) is 2.41. The average molecular weight is 296 g/mol. The van der Waals surface area contributed by atoms with Crippen LogP contribution in [-0.2, 0) is 4.79 Å². The second-order valence-electron chi connectivity index (χ2n) is 3.77. The molecular formula is C12H10BrNO3. The molecule has 1 aromatic heterocycles. The van der Waals surface area contributed by atoms with Crippen molar-refractivity contribution in [3.8, 4) is 0 Å². The number of aliphatic carboxylic acids is 1. The fraction of sp³-hybridized carbons (Fsp3) is 0.167. The van der Waals surface area contributed by atoms with Crippen LogP contribution in [0.3, 0.4) is 0 Å². The molecule has 1 unspecified atom stereocenters. The Morgan fingerprint density at radius 1 is 1.41 bits per heavy atom. The van der Waals surface area contributed by atoms with Crippen LogP contribution in [0.4, 0.5) is 0 Å². The maximum atomic E-state index is 12.1. The second kappa shape index (κ2) is 4.33. The highest BCUT2D eigenvalue weighted by Crippen LogP contribution is 2.17. The summed E-state index contributed by atoms with van der Waals surface area (Å²) in [6.07, 6.45) is 1.51. The van der Waals surface area contributed by atoms with Gasteiger partial charge in [-0.2, -0.15) is 0 Å². The van der Waals surface area contributed by atoms with Crippen LogP contribution in [0.5, 0.6) is 0 Å². The zero-order valence-electron chi connectivity index (χ0n) is 9.05. The molecule has 0 saturated carbocycles. The standard InChI is InChI=1S/C12H10BrNO3/c1-7(12(16)17)14-5-4-8-6-9(13)2-3-10(8)11(14)15/h2-7H,1H3,(H,16,17). The van der Waals surface area contributed by atoms with Gasteiger partial charge in [0.1, 0.15) is 6.04 Å². The lowest BCUT2D eigenvalue weighted by Crippen LogP contribution is -2.27. The Labute approximate surface area is 106 Å². The Hall–Kier alpha value is -1.62. The molecule has 1 heterocycles. The molecule has 1 aromatic carbocycles. The Morgan fingerprint density at radius 3 is 2.76 bits per heavy atom. The van der Waals surface area contributed by atoms with Crippen LogP contribution in [0.2, 0.25) is 0 Å². The van der Waals surface area contributed by atoms with Crippen LogP contribution in [-0.4, -0.2) is 15.6 Å². The Kier molecular flexibility index (Phi) is 3.02. The molecule has 0 aliphatic rings. The van der Waals surface area contributed by atoms with E-state index in [0.717, 1.165) is 9.86 Å². The lowest BCUT2D eigenvalue weighted by Gasteiger charge is -2.11. The zero-order chi connectivity index (χ0) is 12.6. The molecule has 0 fully saturated rings. The zero-order valence-corrected chi connectivity index (χ0v) is 10.6. The summed E-state index contributed by atoms with van der Waals surface area (Å²) in [5.41, 5.74) is -0.287. The first kappa shape index (κ1) is 11.9. The molecule has 0 amide bonds. The molecule has 2 aromatic rings. The van der Waals surface area contributed by atoms with Gasteiger partial charge in [0.2, 0.25) is 0 Å². The fourth-order valence-electron chi connectivity index (χ4n) is 1.66. The van der Waals surface area contributed by atoms with Gasteiger partial charge in [0.25, 0.3) is 5.56 Å². The summed E-state index contributed by atoms with van der Waals surface area (Å²) in [6, 6.07) is 6.15. The number of nitrogens with zero attached hydrogens (tertiary/aromatic N) is 1. The molecule has 4 nitrogen and oxygen atoms in total. The molecule has 0 aliphatic carbocycles. The summed E-state index contributed by atoms with van der Waals surface area (Å²) < 4.78 is 2.10. The minimum atomic E-state index is -1.02. The van der Waals surface area contributed by atoms with Crippen molar-refractivity contribution in [2.75, 3.05) is 0 Å². The third-order valence-electron chi connectivity index (χ3n) is 2.67. The summed E-state index contributed by atoms with van der Waals surface area (Å²) in [5.74, 6) is -1.02. The van der Waals surface area contributed by atoms with Gasteiger partial charge in [0.15, 0.2) is 0 Å². The maximum Gasteiger partial charge on any atom is 0.326 e. The number of pyridine rings is 1. The van der Waals surface area contributed by atoms with Crippen LogP contribution in [0.1, 0.15) is 13.0 Å². The lowest BCUT2D eigenvalue weighted by molar-refractivity contribution is -0.140. The Morgan fingerprint density at radius 2 is 2.12 bits per heavy atom. The SMILES string of the molecule is CC(C(=O)O)n1ccc2cc(Br)ccc2c1=O. The van der Waals surface area contributed by atoms with E-state index in [4.69, 9.17) is 5.11 Å². The monoisotopic (exact) mass is 295 g/mol. The fourth-order valence-corrected chi connectivity index (χ4v) is 2.04. The van der Waals surface area contributed by atoms with Crippen LogP contribution >= 0.6 is 15.9 Å². The number of rotatable bonds is 2. The number of hydrogen-bond donors (Lipinski definition) is 1. The first-order chi connectivity index (χ1) is 8.00. The van der Waals surface area contributed by atoms with Gasteiger partial charge >= 0.3 is 5.97 Å². The van der Waals surface area contributed by atoms with Crippen LogP contribution in [0, 0.1) is 0 Å². The molecule has 0 spiro atoms. The van der Waals surface area contributed by atoms with E-state index < -0.39 is 12.0 Å². The number of hydrogen-bond acceptors (Lipinski definition) is 2. The summed E-state index contributed by atoms with van der Waals surface area (Å²) in [6.45, 7) is 1.48. The lowest BCUT2D eigenvalue weighted by atomic mass is 10.1. The molecule has 0 bridgehead atoms. The summed E-state index contributed by atoms with van der Waals surface area (Å²) in [5, 5.41) is 10.2. The molecule has 5 heteroatoms. The van der Waals surface area contributed by atoms with Crippen molar-refractivity contribution in [3.63, 3.8) is 0 Å². The van der Waals surface area contributed by atoms with Gasteiger partial charge < -0.3 is 9.67 Å². The van der Waals surface area contributed by atoms with E-state index in [-0.39, 0.29) is 5.56 Å². The third kappa shape index (κ3) is 2.10. The maximum absolute atomic E-state index is 12.1. The van der Waals surface area contributed by atoms with Crippen molar-refractivity contribution < 1.29 is 9.90 Å². The molecule has 1 atom stereocenters. The van der Waals surface area contributed by atoms with Crippen molar-refractivity contribution in [2.45, 2.75) is 13.0 Å². The van der Waals surface area contributed by atoms with E-state index >= 15 is 0 Å². The summed E-state index contributed by atoms with van der Waals surface area (Å²) >= 11 is 3.32. The van der Waals surface area contributed by atoms with E-state index in [1.807, 2.05) is 6.07 Å². The number of aromatic nitrogens is 1. The Balaban J connectivity index is 2.70. The van der Waals surface area contributed by atoms with Crippen molar-refractivity contribution >= 4 is 32.7 Å². The number of carboxylic acids is 1. The van der Waals surface area contributed by atoms with Crippen molar-refractivity contribution in [2.24, 2.45) is 0 Å². The molecule has 0 saturated heterocycles. The van der Waals surface area contributed by atoms with E-state index in [0.29, 0.717) is 5.39 Å². The van der Waals surface area contributed by atoms with E-state index in [9.17, 15) is 9.59 Å². The highest BCUT2D eigenvalue weighted by atomic mass is 79.9. The van der Waals surface area contributed by atoms with E-state index in [1.165, 1.54) is 17.7 Å². The Bertz CT molecular complexity index is 648. The highest BCUT2D eigenvalue weighted by Gasteiger charge is 2.15. The topological polar surface area (TPSA) is 59.3 Å². The first-order valence-electron chi connectivity index (χ1n) is 5.04. The van der Waals surface area contributed by atoms with Crippen LogP contribution < -0.4 is 5.56 Å². The quantitative estimate of drug-likeness (QED) is 0.925. The minimum absolute atomic E-state index is 0.287. The van der Waals surface area contributed by atoms with Gasteiger partial charge in [-0.15, -0.1) is 0 Å². The molecular weight excluding hydrogens is 286 g/mol. The van der Waals surface area contributed by atoms with Crippen molar-refractivity contribution in [1.82, 2.24) is 4.57 Å². The van der Waals surface area contributed by atoms with Gasteiger partial charge in [-0.3, -0.25) is 4.79 Å². The van der Waals surface area contributed by atoms with Crippen molar-refractivity contribution in [1.29, 1.82) is 0 Å². The molecule has 0 aliphatic heterocycles. The summed E-state index contributed by atoms with van der Waals surface area (Å²) in [4.78, 5) is 22.9. The normalized spacial score (nSPS) is 12.6. The van der Waals surface area contributed by atoms with Crippen molar-refractivity contribution in [3.05, 3.63) is 45.3 Å². The van der Waals surface area contributed by atoms with Gasteiger partial charge in [0.05, 0.1) is 0 Å². The van der Waals surface area contributed by atoms with Gasteiger partial charge in [-0.05, 0) is 36.6 Å². The molecule has 0 radical (unpaired) electrons. The number of carboxylic acid groups (broad SMARTS) is 1. The minimum Gasteiger partial charge on any atom is -0.480 e. The van der Waals surface area contributed by atoms with Crippen LogP contribution in [0.25, 0.3) is 10.8 Å². The largest absolute Gasteiger partial charge is 0.480 e. The first-order valence-corrected chi connectivity index (χ1v) is 5.83. The molecule has 88 valence electrons. The predicted molar refractivity (Wildman–Crippen MR) is 68.3 cm³/mol. The number of fused-ring (bicyclic) bond motifs is 1. The van der Waals surface area contributed by atoms with Gasteiger partial charge in [-0.25, -0.2) is 4.79 Å². The number of benzene rings is 1. The van der Waals surface area contributed by atoms with Crippen LogP contribution in [0.15, 0.2) is 39.7 Å². The smallest absolute Gasteiger partial charge is 0.326 e.